The van der Waals surface area contributed by atoms with E-state index in [-0.39, 0.29) is 24.4 Å². The Hall–Kier alpha value is -1.53. The lowest BCUT2D eigenvalue weighted by Gasteiger charge is -2.32. The van der Waals surface area contributed by atoms with Gasteiger partial charge in [-0.3, -0.25) is 0 Å². The van der Waals surface area contributed by atoms with Crippen molar-refractivity contribution >= 4 is 18.7 Å². The number of carbonyl (C=O) groups excluding carboxylic acids is 1. The first-order valence-corrected chi connectivity index (χ1v) is 7.65. The Bertz CT molecular complexity index is 554. The number of cyclic esters (lactones) is 1. The molecule has 2 aliphatic rings. The SMILES string of the molecule is CC1(C)OB(c2ccc(CN3CCOC3=O)cc2)OC1(C)C. The topological polar surface area (TPSA) is 48.0 Å². The van der Waals surface area contributed by atoms with Crippen molar-refractivity contribution < 1.29 is 18.8 Å². The normalized spacial score (nSPS) is 23.0. The van der Waals surface area contributed by atoms with Crippen molar-refractivity contribution in [2.75, 3.05) is 13.2 Å². The van der Waals surface area contributed by atoms with Gasteiger partial charge in [0.25, 0.3) is 0 Å². The van der Waals surface area contributed by atoms with Crippen molar-refractivity contribution in [2.24, 2.45) is 0 Å². The predicted molar refractivity (Wildman–Crippen MR) is 83.9 cm³/mol. The first-order valence-electron chi connectivity index (χ1n) is 7.65. The van der Waals surface area contributed by atoms with Crippen molar-refractivity contribution in [3.63, 3.8) is 0 Å². The Kier molecular flexibility index (Phi) is 3.69. The minimum absolute atomic E-state index is 0.241. The molecule has 0 aromatic heterocycles. The molecule has 3 rings (SSSR count). The third-order valence-electron chi connectivity index (χ3n) is 4.72. The Morgan fingerprint density at radius 2 is 1.68 bits per heavy atom. The monoisotopic (exact) mass is 303 g/mol. The molecule has 2 fully saturated rings. The molecule has 1 aromatic rings. The van der Waals surface area contributed by atoms with E-state index in [1.54, 1.807) is 4.90 Å². The summed E-state index contributed by atoms with van der Waals surface area (Å²) in [7, 11) is -0.351. The molecule has 6 heteroatoms. The second-order valence-electron chi connectivity index (χ2n) is 6.87. The van der Waals surface area contributed by atoms with Crippen LogP contribution in [0.25, 0.3) is 0 Å². The van der Waals surface area contributed by atoms with Crippen LogP contribution in [-0.4, -0.2) is 42.5 Å². The van der Waals surface area contributed by atoms with Crippen LogP contribution < -0.4 is 5.46 Å². The molecule has 2 saturated heterocycles. The zero-order valence-corrected chi connectivity index (χ0v) is 13.6. The molecule has 0 N–H and O–H groups in total. The van der Waals surface area contributed by atoms with Crippen LogP contribution in [0.3, 0.4) is 0 Å². The minimum atomic E-state index is -0.351. The highest BCUT2D eigenvalue weighted by Gasteiger charge is 2.51. The molecule has 2 aliphatic heterocycles. The molecule has 0 saturated carbocycles. The fraction of sp³-hybridized carbons (Fsp3) is 0.562. The Morgan fingerprint density at radius 3 is 2.18 bits per heavy atom. The van der Waals surface area contributed by atoms with E-state index in [1.807, 2.05) is 52.0 Å². The van der Waals surface area contributed by atoms with E-state index in [0.29, 0.717) is 19.7 Å². The van der Waals surface area contributed by atoms with Gasteiger partial charge < -0.3 is 18.9 Å². The number of carbonyl (C=O) groups is 1. The summed E-state index contributed by atoms with van der Waals surface area (Å²) >= 11 is 0. The third-order valence-corrected chi connectivity index (χ3v) is 4.72. The summed E-state index contributed by atoms with van der Waals surface area (Å²) in [4.78, 5) is 13.2. The van der Waals surface area contributed by atoms with Crippen LogP contribution in [-0.2, 0) is 20.6 Å². The molecule has 0 unspecified atom stereocenters. The van der Waals surface area contributed by atoms with Gasteiger partial charge in [-0.2, -0.15) is 0 Å². The molecule has 1 amide bonds. The number of hydrogen-bond acceptors (Lipinski definition) is 4. The van der Waals surface area contributed by atoms with E-state index in [0.717, 1.165) is 11.0 Å². The summed E-state index contributed by atoms with van der Waals surface area (Å²) in [5, 5.41) is 0. The van der Waals surface area contributed by atoms with Gasteiger partial charge in [0.15, 0.2) is 0 Å². The van der Waals surface area contributed by atoms with E-state index in [4.69, 9.17) is 14.0 Å². The Morgan fingerprint density at radius 1 is 1.09 bits per heavy atom. The fourth-order valence-corrected chi connectivity index (χ4v) is 2.55. The molecule has 0 aliphatic carbocycles. The van der Waals surface area contributed by atoms with Crippen molar-refractivity contribution in [1.29, 1.82) is 0 Å². The molecule has 1 aromatic carbocycles. The number of rotatable bonds is 3. The predicted octanol–water partition coefficient (Wildman–Crippen LogP) is 1.94. The average Bonchev–Trinajstić information content (AvgIpc) is 2.92. The van der Waals surface area contributed by atoms with E-state index in [9.17, 15) is 4.79 Å². The van der Waals surface area contributed by atoms with Gasteiger partial charge in [-0.1, -0.05) is 24.3 Å². The second kappa shape index (κ2) is 5.28. The highest BCUT2D eigenvalue weighted by Crippen LogP contribution is 2.36. The Balaban J connectivity index is 1.69. The van der Waals surface area contributed by atoms with Gasteiger partial charge in [0.2, 0.25) is 0 Å². The fourth-order valence-electron chi connectivity index (χ4n) is 2.55. The summed E-state index contributed by atoms with van der Waals surface area (Å²) < 4.78 is 17.0. The quantitative estimate of drug-likeness (QED) is 0.801. The molecule has 118 valence electrons. The Labute approximate surface area is 131 Å². The second-order valence-corrected chi connectivity index (χ2v) is 6.87. The molecular formula is C16H22BNO4. The van der Waals surface area contributed by atoms with Crippen LogP contribution in [0.5, 0.6) is 0 Å². The average molecular weight is 303 g/mol. The smallest absolute Gasteiger partial charge is 0.448 e. The number of nitrogens with zero attached hydrogens (tertiary/aromatic N) is 1. The van der Waals surface area contributed by atoms with Gasteiger partial charge in [0, 0.05) is 6.54 Å². The van der Waals surface area contributed by atoms with Crippen molar-refractivity contribution in [3.8, 4) is 0 Å². The zero-order valence-electron chi connectivity index (χ0n) is 13.6. The third kappa shape index (κ3) is 2.73. The van der Waals surface area contributed by atoms with E-state index in [1.165, 1.54) is 0 Å². The number of amides is 1. The maximum absolute atomic E-state index is 11.5. The van der Waals surface area contributed by atoms with Gasteiger partial charge in [0.1, 0.15) is 6.61 Å². The highest BCUT2D eigenvalue weighted by molar-refractivity contribution is 6.62. The molecule has 2 heterocycles. The first kappa shape index (κ1) is 15.4. The van der Waals surface area contributed by atoms with E-state index in [2.05, 4.69) is 0 Å². The van der Waals surface area contributed by atoms with Crippen LogP contribution in [0.2, 0.25) is 0 Å². The highest BCUT2D eigenvalue weighted by atomic mass is 16.7. The number of ether oxygens (including phenoxy) is 1. The zero-order chi connectivity index (χ0) is 16.0. The maximum atomic E-state index is 11.5. The largest absolute Gasteiger partial charge is 0.494 e. The lowest BCUT2D eigenvalue weighted by molar-refractivity contribution is 0.00578. The summed E-state index contributed by atoms with van der Waals surface area (Å²) in [5.41, 5.74) is 1.39. The van der Waals surface area contributed by atoms with E-state index < -0.39 is 0 Å². The minimum Gasteiger partial charge on any atom is -0.448 e. The van der Waals surface area contributed by atoms with Crippen molar-refractivity contribution in [1.82, 2.24) is 4.90 Å². The molecule has 22 heavy (non-hydrogen) atoms. The first-order chi connectivity index (χ1) is 10.3. The molecule has 5 nitrogen and oxygen atoms in total. The summed E-state index contributed by atoms with van der Waals surface area (Å²) in [5.74, 6) is 0. The number of hydrogen-bond donors (Lipinski definition) is 0. The molecular weight excluding hydrogens is 281 g/mol. The standard InChI is InChI=1S/C16H22BNO4/c1-15(2)16(3,4)22-17(21-15)13-7-5-12(6-8-13)11-18-9-10-20-14(18)19/h5-8H,9-11H2,1-4H3. The van der Waals surface area contributed by atoms with Gasteiger partial charge in [-0.05, 0) is 38.7 Å². The molecule has 0 radical (unpaired) electrons. The van der Waals surface area contributed by atoms with Gasteiger partial charge in [-0.15, -0.1) is 0 Å². The summed E-state index contributed by atoms with van der Waals surface area (Å²) in [6.07, 6.45) is -0.241. The van der Waals surface area contributed by atoms with Crippen molar-refractivity contribution in [2.45, 2.75) is 45.4 Å². The maximum Gasteiger partial charge on any atom is 0.494 e. The number of benzene rings is 1. The van der Waals surface area contributed by atoms with Gasteiger partial charge in [0.05, 0.1) is 17.7 Å². The molecule has 0 spiro atoms. The van der Waals surface area contributed by atoms with Crippen LogP contribution in [0.15, 0.2) is 24.3 Å². The molecule has 0 bridgehead atoms. The summed E-state index contributed by atoms with van der Waals surface area (Å²) in [6, 6.07) is 8.01. The van der Waals surface area contributed by atoms with Crippen LogP contribution in [0.4, 0.5) is 4.79 Å². The lowest BCUT2D eigenvalue weighted by Crippen LogP contribution is -2.41. The van der Waals surface area contributed by atoms with Crippen LogP contribution in [0.1, 0.15) is 33.3 Å². The van der Waals surface area contributed by atoms with Crippen LogP contribution in [0, 0.1) is 0 Å². The van der Waals surface area contributed by atoms with E-state index >= 15 is 0 Å². The lowest BCUT2D eigenvalue weighted by atomic mass is 9.79. The van der Waals surface area contributed by atoms with Crippen LogP contribution >= 0.6 is 0 Å². The van der Waals surface area contributed by atoms with Gasteiger partial charge >= 0.3 is 13.2 Å². The summed E-state index contributed by atoms with van der Waals surface area (Å²) in [6.45, 7) is 9.87. The van der Waals surface area contributed by atoms with Gasteiger partial charge in [-0.25, -0.2) is 4.79 Å². The molecule has 0 atom stereocenters. The van der Waals surface area contributed by atoms with Crippen molar-refractivity contribution in [3.05, 3.63) is 29.8 Å².